The number of likely N-dealkylation sites (tertiary alicyclic amines) is 1. The maximum Gasteiger partial charge on any atom is 0.252 e. The lowest BCUT2D eigenvalue weighted by Gasteiger charge is -2.35. The Morgan fingerprint density at radius 1 is 1.25 bits per heavy atom. The lowest BCUT2D eigenvalue weighted by atomic mass is 10.0. The summed E-state index contributed by atoms with van der Waals surface area (Å²) in [7, 11) is -3.56. The zero-order valence-corrected chi connectivity index (χ0v) is 18.3. The third kappa shape index (κ3) is 5.54. The molecule has 1 aromatic rings. The maximum atomic E-state index is 13.1. The van der Waals surface area contributed by atoms with Crippen molar-refractivity contribution in [2.24, 2.45) is 0 Å². The first-order valence-corrected chi connectivity index (χ1v) is 12.6. The zero-order valence-electron chi connectivity index (χ0n) is 16.7. The fraction of sp³-hybridized carbons (Fsp3) is 0.737. The molecule has 1 aromatic heterocycles. The average molecular weight is 429 g/mol. The summed E-state index contributed by atoms with van der Waals surface area (Å²) in [6.45, 7) is 7.62. The van der Waals surface area contributed by atoms with Crippen molar-refractivity contribution in [1.29, 1.82) is 0 Å². The maximum absolute atomic E-state index is 13.1. The Hall–Kier alpha value is -1.00. The van der Waals surface area contributed by atoms with Gasteiger partial charge in [-0.1, -0.05) is 12.5 Å². The van der Waals surface area contributed by atoms with Crippen LogP contribution in [0, 0.1) is 0 Å². The molecule has 1 amide bonds. The van der Waals surface area contributed by atoms with Crippen molar-refractivity contribution in [3.8, 4) is 0 Å². The van der Waals surface area contributed by atoms with Crippen LogP contribution in [0.25, 0.3) is 0 Å². The first-order chi connectivity index (χ1) is 13.5. The minimum atomic E-state index is -3.56. The lowest BCUT2D eigenvalue weighted by molar-refractivity contribution is -0.131. The first-order valence-electron chi connectivity index (χ1n) is 10.2. The number of nitrogens with zero attached hydrogens (tertiary/aromatic N) is 3. The van der Waals surface area contributed by atoms with E-state index in [0.29, 0.717) is 36.4 Å². The van der Waals surface area contributed by atoms with Gasteiger partial charge in [0.15, 0.2) is 0 Å². The molecule has 2 saturated heterocycles. The van der Waals surface area contributed by atoms with Gasteiger partial charge in [0.25, 0.3) is 10.0 Å². The molecule has 3 rings (SSSR count). The van der Waals surface area contributed by atoms with Gasteiger partial charge in [0, 0.05) is 58.3 Å². The van der Waals surface area contributed by atoms with Gasteiger partial charge in [0.1, 0.15) is 4.21 Å². The minimum Gasteiger partial charge on any atom is -0.340 e. The van der Waals surface area contributed by atoms with Crippen LogP contribution in [0.3, 0.4) is 0 Å². The quantitative estimate of drug-likeness (QED) is 0.678. The normalized spacial score (nSPS) is 21.9. The second-order valence-corrected chi connectivity index (χ2v) is 10.7. The summed E-state index contributed by atoms with van der Waals surface area (Å²) in [6, 6.07) is 3.89. The molecule has 1 N–H and O–H groups in total. The van der Waals surface area contributed by atoms with E-state index in [0.717, 1.165) is 19.6 Å². The van der Waals surface area contributed by atoms with Crippen molar-refractivity contribution in [1.82, 2.24) is 19.4 Å². The summed E-state index contributed by atoms with van der Waals surface area (Å²) in [5.74, 6) is 0.0409. The smallest absolute Gasteiger partial charge is 0.252 e. The molecule has 2 fully saturated rings. The number of amides is 1. The highest BCUT2D eigenvalue weighted by atomic mass is 32.2. The highest BCUT2D eigenvalue weighted by Gasteiger charge is 2.28. The van der Waals surface area contributed by atoms with Crippen LogP contribution in [0.4, 0.5) is 0 Å². The molecule has 158 valence electrons. The summed E-state index contributed by atoms with van der Waals surface area (Å²) in [6.07, 6.45) is 3.82. The number of thiophene rings is 1. The van der Waals surface area contributed by atoms with E-state index >= 15 is 0 Å². The summed E-state index contributed by atoms with van der Waals surface area (Å²) in [5, 5.41) is 5.02. The number of hydrogen-bond donors (Lipinski definition) is 1. The Bertz CT molecular complexity index is 718. The van der Waals surface area contributed by atoms with Gasteiger partial charge in [-0.15, -0.1) is 11.3 Å². The predicted octanol–water partition coefficient (Wildman–Crippen LogP) is 1.44. The Morgan fingerprint density at radius 2 is 2.04 bits per heavy atom. The Balaban J connectivity index is 1.64. The SMILES string of the molecule is CC1CCCCN1CCN(CCC(=O)N1CCNCC1)S(=O)(=O)c1cccs1. The van der Waals surface area contributed by atoms with Gasteiger partial charge < -0.3 is 10.2 Å². The number of piperazine rings is 1. The van der Waals surface area contributed by atoms with Gasteiger partial charge in [0.2, 0.25) is 5.91 Å². The molecule has 3 heterocycles. The van der Waals surface area contributed by atoms with E-state index in [1.54, 1.807) is 17.5 Å². The fourth-order valence-corrected chi connectivity index (χ4v) is 6.49. The minimum absolute atomic E-state index is 0.0409. The van der Waals surface area contributed by atoms with Crippen LogP contribution in [-0.4, -0.2) is 86.8 Å². The number of carbonyl (C=O) groups is 1. The van der Waals surface area contributed by atoms with Gasteiger partial charge in [-0.2, -0.15) is 4.31 Å². The summed E-state index contributed by atoms with van der Waals surface area (Å²) >= 11 is 1.24. The monoisotopic (exact) mass is 428 g/mol. The molecule has 28 heavy (non-hydrogen) atoms. The molecule has 1 atom stereocenters. The highest BCUT2D eigenvalue weighted by Crippen LogP contribution is 2.22. The number of carbonyl (C=O) groups excluding carboxylic acids is 1. The largest absolute Gasteiger partial charge is 0.340 e. The van der Waals surface area contributed by atoms with E-state index < -0.39 is 10.0 Å². The van der Waals surface area contributed by atoms with Crippen molar-refractivity contribution < 1.29 is 13.2 Å². The molecule has 1 unspecified atom stereocenters. The standard InChI is InChI=1S/C19H32N4O3S2/c1-17-5-2-3-10-21(17)14-15-23(28(25,26)19-6-4-16-27-19)11-7-18(24)22-12-8-20-9-13-22/h4,6,16-17,20H,2-3,5,7-15H2,1H3. The van der Waals surface area contributed by atoms with E-state index in [-0.39, 0.29) is 18.9 Å². The summed E-state index contributed by atoms with van der Waals surface area (Å²) in [5.41, 5.74) is 0. The predicted molar refractivity (Wildman–Crippen MR) is 112 cm³/mol. The fourth-order valence-electron chi connectivity index (χ4n) is 3.91. The van der Waals surface area contributed by atoms with Gasteiger partial charge in [0.05, 0.1) is 0 Å². The van der Waals surface area contributed by atoms with E-state index in [4.69, 9.17) is 0 Å². The van der Waals surface area contributed by atoms with Crippen molar-refractivity contribution >= 4 is 27.3 Å². The number of nitrogens with one attached hydrogen (secondary N) is 1. The number of hydrogen-bond acceptors (Lipinski definition) is 6. The lowest BCUT2D eigenvalue weighted by Crippen LogP contribution is -2.48. The number of sulfonamides is 1. The Labute approximate surface area is 172 Å². The zero-order chi connectivity index (χ0) is 20.0. The molecule has 7 nitrogen and oxygen atoms in total. The van der Waals surface area contributed by atoms with Gasteiger partial charge >= 0.3 is 0 Å². The highest BCUT2D eigenvalue weighted by molar-refractivity contribution is 7.91. The van der Waals surface area contributed by atoms with Crippen molar-refractivity contribution in [3.05, 3.63) is 17.5 Å². The van der Waals surface area contributed by atoms with Crippen LogP contribution in [0.15, 0.2) is 21.7 Å². The first kappa shape index (κ1) is 21.7. The third-order valence-corrected chi connectivity index (χ3v) is 8.98. The van der Waals surface area contributed by atoms with Crippen LogP contribution in [0.5, 0.6) is 0 Å². The van der Waals surface area contributed by atoms with Crippen molar-refractivity contribution in [2.45, 2.75) is 42.9 Å². The second-order valence-electron chi connectivity index (χ2n) is 7.60. The summed E-state index contributed by atoms with van der Waals surface area (Å²) in [4.78, 5) is 16.7. The van der Waals surface area contributed by atoms with E-state index in [9.17, 15) is 13.2 Å². The molecular formula is C19H32N4O3S2. The van der Waals surface area contributed by atoms with E-state index in [2.05, 4.69) is 17.1 Å². The van der Waals surface area contributed by atoms with Gasteiger partial charge in [-0.3, -0.25) is 9.69 Å². The Kier molecular flexibility index (Phi) is 7.87. The third-order valence-electron chi connectivity index (χ3n) is 5.71. The van der Waals surface area contributed by atoms with Crippen molar-refractivity contribution in [2.75, 3.05) is 52.4 Å². The van der Waals surface area contributed by atoms with Crippen LogP contribution in [0.1, 0.15) is 32.6 Å². The summed E-state index contributed by atoms with van der Waals surface area (Å²) < 4.78 is 28.1. The molecule has 0 saturated carbocycles. The van der Waals surface area contributed by atoms with Crippen LogP contribution in [-0.2, 0) is 14.8 Å². The topological polar surface area (TPSA) is 73.0 Å². The van der Waals surface area contributed by atoms with Gasteiger partial charge in [-0.25, -0.2) is 8.42 Å². The molecule has 0 aliphatic carbocycles. The van der Waals surface area contributed by atoms with Crippen LogP contribution < -0.4 is 5.32 Å². The molecular weight excluding hydrogens is 396 g/mol. The molecule has 0 bridgehead atoms. The second kappa shape index (κ2) is 10.2. The van der Waals surface area contributed by atoms with Crippen molar-refractivity contribution in [3.63, 3.8) is 0 Å². The molecule has 0 aromatic carbocycles. The average Bonchev–Trinajstić information content (AvgIpc) is 3.25. The van der Waals surface area contributed by atoms with Crippen LogP contribution in [0.2, 0.25) is 0 Å². The number of rotatable bonds is 8. The van der Waals surface area contributed by atoms with E-state index in [1.165, 1.54) is 34.9 Å². The molecule has 0 radical (unpaired) electrons. The number of piperidine rings is 1. The Morgan fingerprint density at radius 3 is 2.71 bits per heavy atom. The molecule has 2 aliphatic heterocycles. The molecule has 0 spiro atoms. The van der Waals surface area contributed by atoms with E-state index in [1.807, 2.05) is 4.90 Å². The molecule has 2 aliphatic rings. The van der Waals surface area contributed by atoms with Gasteiger partial charge in [-0.05, 0) is 37.8 Å². The molecule has 9 heteroatoms. The van der Waals surface area contributed by atoms with Crippen LogP contribution >= 0.6 is 11.3 Å².